The van der Waals surface area contributed by atoms with E-state index in [1.54, 1.807) is 6.20 Å². The van der Waals surface area contributed by atoms with Gasteiger partial charge in [0, 0.05) is 31.9 Å². The van der Waals surface area contributed by atoms with Crippen LogP contribution >= 0.6 is 0 Å². The molecule has 0 aliphatic carbocycles. The minimum Gasteiger partial charge on any atom is -0.356 e. The molecule has 1 atom stereocenters. The van der Waals surface area contributed by atoms with E-state index in [-0.39, 0.29) is 5.91 Å². The van der Waals surface area contributed by atoms with Gasteiger partial charge < -0.3 is 5.32 Å². The van der Waals surface area contributed by atoms with Gasteiger partial charge in [-0.15, -0.1) is 0 Å². The summed E-state index contributed by atoms with van der Waals surface area (Å²) in [5, 5.41) is 6.94. The zero-order valence-corrected chi connectivity index (χ0v) is 7.44. The van der Waals surface area contributed by atoms with E-state index in [9.17, 15) is 4.79 Å². The van der Waals surface area contributed by atoms with Crippen LogP contribution in [0.3, 0.4) is 0 Å². The maximum atomic E-state index is 10.9. The number of rotatable bonds is 3. The Morgan fingerprint density at radius 2 is 2.62 bits per heavy atom. The van der Waals surface area contributed by atoms with Crippen molar-refractivity contribution in [1.29, 1.82) is 0 Å². The molecule has 2 heterocycles. The van der Waals surface area contributed by atoms with Crippen molar-refractivity contribution in [2.75, 3.05) is 6.54 Å². The molecule has 1 aliphatic heterocycles. The smallest absolute Gasteiger partial charge is 0.220 e. The fraction of sp³-hybridized carbons (Fsp3) is 0.556. The second-order valence-electron chi connectivity index (χ2n) is 3.43. The largest absolute Gasteiger partial charge is 0.356 e. The first-order valence-corrected chi connectivity index (χ1v) is 4.59. The van der Waals surface area contributed by atoms with Crippen molar-refractivity contribution in [3.05, 3.63) is 18.5 Å². The van der Waals surface area contributed by atoms with Crippen molar-refractivity contribution < 1.29 is 4.79 Å². The van der Waals surface area contributed by atoms with Crippen molar-refractivity contribution in [2.45, 2.75) is 19.4 Å². The summed E-state index contributed by atoms with van der Waals surface area (Å²) in [7, 11) is 0. The average Bonchev–Trinajstić information content (AvgIpc) is 2.71. The molecule has 1 N–H and O–H groups in total. The number of carbonyl (C=O) groups is 1. The molecule has 0 aromatic carbocycles. The third-order valence-corrected chi connectivity index (χ3v) is 2.39. The quantitative estimate of drug-likeness (QED) is 0.730. The van der Waals surface area contributed by atoms with E-state index in [2.05, 4.69) is 10.4 Å². The van der Waals surface area contributed by atoms with Crippen LogP contribution in [0.25, 0.3) is 0 Å². The Morgan fingerprint density at radius 1 is 1.69 bits per heavy atom. The predicted octanol–water partition coefficient (Wildman–Crippen LogP) is 0.409. The van der Waals surface area contributed by atoms with E-state index in [4.69, 9.17) is 0 Å². The Morgan fingerprint density at radius 3 is 3.23 bits per heavy atom. The van der Waals surface area contributed by atoms with Gasteiger partial charge in [-0.2, -0.15) is 5.10 Å². The molecule has 70 valence electrons. The van der Waals surface area contributed by atoms with Crippen LogP contribution in [0, 0.1) is 5.92 Å². The Labute approximate surface area is 76.9 Å². The number of carbonyl (C=O) groups excluding carboxylic acids is 1. The Hall–Kier alpha value is -1.32. The van der Waals surface area contributed by atoms with E-state index >= 15 is 0 Å². The molecule has 1 aliphatic rings. The van der Waals surface area contributed by atoms with E-state index in [1.807, 2.05) is 16.9 Å². The number of amides is 1. The number of aryl methyl sites for hydroxylation is 1. The van der Waals surface area contributed by atoms with Crippen molar-refractivity contribution in [1.82, 2.24) is 15.1 Å². The molecule has 1 fully saturated rings. The van der Waals surface area contributed by atoms with Crippen LogP contribution in [-0.2, 0) is 11.3 Å². The van der Waals surface area contributed by atoms with Crippen molar-refractivity contribution in [3.63, 3.8) is 0 Å². The number of hydrogen-bond donors (Lipinski definition) is 1. The molecule has 0 radical (unpaired) electrons. The number of aromatic nitrogens is 2. The fourth-order valence-corrected chi connectivity index (χ4v) is 1.62. The van der Waals surface area contributed by atoms with E-state index < -0.39 is 0 Å². The second kappa shape index (κ2) is 3.60. The van der Waals surface area contributed by atoms with E-state index in [0.717, 1.165) is 19.5 Å². The molecule has 4 nitrogen and oxygen atoms in total. The maximum absolute atomic E-state index is 10.9. The average molecular weight is 179 g/mol. The minimum absolute atomic E-state index is 0.186. The van der Waals surface area contributed by atoms with Crippen molar-refractivity contribution in [3.8, 4) is 0 Å². The minimum atomic E-state index is 0.186. The second-order valence-corrected chi connectivity index (χ2v) is 3.43. The van der Waals surface area contributed by atoms with Gasteiger partial charge in [-0.3, -0.25) is 9.48 Å². The lowest BCUT2D eigenvalue weighted by molar-refractivity contribution is -0.119. The van der Waals surface area contributed by atoms with Gasteiger partial charge in [-0.05, 0) is 18.4 Å². The molecule has 1 aromatic rings. The van der Waals surface area contributed by atoms with E-state index in [1.165, 1.54) is 0 Å². The third kappa shape index (κ3) is 2.08. The topological polar surface area (TPSA) is 46.9 Å². The molecule has 0 spiro atoms. The predicted molar refractivity (Wildman–Crippen MR) is 48.0 cm³/mol. The molecule has 1 unspecified atom stereocenters. The van der Waals surface area contributed by atoms with Crippen LogP contribution in [0.4, 0.5) is 0 Å². The number of nitrogens with one attached hydrogen (secondary N) is 1. The van der Waals surface area contributed by atoms with Gasteiger partial charge in [0.25, 0.3) is 0 Å². The van der Waals surface area contributed by atoms with Gasteiger partial charge in [0.1, 0.15) is 0 Å². The van der Waals surface area contributed by atoms with Crippen molar-refractivity contribution >= 4 is 5.91 Å². The molecule has 13 heavy (non-hydrogen) atoms. The maximum Gasteiger partial charge on any atom is 0.220 e. The Kier molecular flexibility index (Phi) is 2.29. The highest BCUT2D eigenvalue weighted by Gasteiger charge is 2.20. The van der Waals surface area contributed by atoms with Crippen LogP contribution in [0.5, 0.6) is 0 Å². The summed E-state index contributed by atoms with van der Waals surface area (Å²) in [5.41, 5.74) is 0. The molecular formula is C9H13N3O. The summed E-state index contributed by atoms with van der Waals surface area (Å²) in [5.74, 6) is 0.683. The van der Waals surface area contributed by atoms with Crippen LogP contribution in [0.1, 0.15) is 12.8 Å². The summed E-state index contributed by atoms with van der Waals surface area (Å²) in [6, 6.07) is 1.91. The summed E-state index contributed by atoms with van der Waals surface area (Å²) in [6.45, 7) is 1.74. The third-order valence-electron chi connectivity index (χ3n) is 2.39. The van der Waals surface area contributed by atoms with Gasteiger partial charge in [0.15, 0.2) is 0 Å². The first kappa shape index (κ1) is 8.29. The Bertz CT molecular complexity index is 281. The molecule has 1 amide bonds. The van der Waals surface area contributed by atoms with Crippen LogP contribution < -0.4 is 5.32 Å². The zero-order valence-electron chi connectivity index (χ0n) is 7.44. The monoisotopic (exact) mass is 179 g/mol. The molecule has 4 heteroatoms. The fourth-order valence-electron chi connectivity index (χ4n) is 1.62. The highest BCUT2D eigenvalue weighted by atomic mass is 16.1. The van der Waals surface area contributed by atoms with Crippen LogP contribution in [0.15, 0.2) is 18.5 Å². The lowest BCUT2D eigenvalue weighted by Gasteiger charge is -2.06. The summed E-state index contributed by atoms with van der Waals surface area (Å²) >= 11 is 0. The SMILES string of the molecule is O=C1CC(CCn2cccn2)CN1. The summed E-state index contributed by atoms with van der Waals surface area (Å²) < 4.78 is 1.91. The number of nitrogens with zero attached hydrogens (tertiary/aromatic N) is 2. The van der Waals surface area contributed by atoms with Gasteiger partial charge in [-0.25, -0.2) is 0 Å². The molecule has 0 saturated carbocycles. The lowest BCUT2D eigenvalue weighted by atomic mass is 10.1. The van der Waals surface area contributed by atoms with E-state index in [0.29, 0.717) is 12.3 Å². The van der Waals surface area contributed by atoms with Gasteiger partial charge in [0.05, 0.1) is 0 Å². The summed E-state index contributed by atoms with van der Waals surface area (Å²) in [6.07, 6.45) is 5.43. The zero-order chi connectivity index (χ0) is 9.10. The normalized spacial score (nSPS) is 21.8. The first-order valence-electron chi connectivity index (χ1n) is 4.59. The molecule has 2 rings (SSSR count). The molecular weight excluding hydrogens is 166 g/mol. The number of hydrogen-bond acceptors (Lipinski definition) is 2. The summed E-state index contributed by atoms with van der Waals surface area (Å²) in [4.78, 5) is 10.9. The molecule has 1 saturated heterocycles. The van der Waals surface area contributed by atoms with Crippen molar-refractivity contribution in [2.24, 2.45) is 5.92 Å². The van der Waals surface area contributed by atoms with Crippen LogP contribution in [-0.4, -0.2) is 22.2 Å². The van der Waals surface area contributed by atoms with Crippen LogP contribution in [0.2, 0.25) is 0 Å². The van der Waals surface area contributed by atoms with Gasteiger partial charge in [-0.1, -0.05) is 0 Å². The van der Waals surface area contributed by atoms with Gasteiger partial charge in [0.2, 0.25) is 5.91 Å². The van der Waals surface area contributed by atoms with Gasteiger partial charge >= 0.3 is 0 Å². The Balaban J connectivity index is 1.77. The first-order chi connectivity index (χ1) is 6.34. The standard InChI is InChI=1S/C9H13N3O/c13-9-6-8(7-10-9)2-5-12-4-1-3-11-12/h1,3-4,8H,2,5-7H2,(H,10,13). The molecule has 1 aromatic heterocycles. The highest BCUT2D eigenvalue weighted by molar-refractivity contribution is 5.78. The highest BCUT2D eigenvalue weighted by Crippen LogP contribution is 2.13. The molecule has 0 bridgehead atoms. The lowest BCUT2D eigenvalue weighted by Crippen LogP contribution is -2.14.